The summed E-state index contributed by atoms with van der Waals surface area (Å²) in [5, 5.41) is 3.07. The van der Waals surface area contributed by atoms with Crippen molar-refractivity contribution in [3.8, 4) is 0 Å². The molecule has 0 aromatic heterocycles. The molecule has 1 saturated heterocycles. The molecule has 0 saturated carbocycles. The lowest BCUT2D eigenvalue weighted by Gasteiger charge is -2.12. The van der Waals surface area contributed by atoms with E-state index in [9.17, 15) is 4.79 Å². The first kappa shape index (κ1) is 12.0. The maximum absolute atomic E-state index is 12.0. The fourth-order valence-corrected chi connectivity index (χ4v) is 3.30. The van der Waals surface area contributed by atoms with Gasteiger partial charge in [0, 0.05) is 16.3 Å². The second-order valence-electron chi connectivity index (χ2n) is 4.02. The SMILES string of the molecule is Cc1ccc(Br)c(C(=O)NC2CCSC2)c1. The van der Waals surface area contributed by atoms with Gasteiger partial charge in [0.25, 0.3) is 5.91 Å². The van der Waals surface area contributed by atoms with E-state index in [-0.39, 0.29) is 5.91 Å². The second-order valence-corrected chi connectivity index (χ2v) is 6.02. The van der Waals surface area contributed by atoms with Gasteiger partial charge < -0.3 is 5.32 Å². The molecule has 1 fully saturated rings. The van der Waals surface area contributed by atoms with Crippen molar-refractivity contribution in [1.82, 2.24) is 5.32 Å². The lowest BCUT2D eigenvalue weighted by atomic mass is 10.1. The van der Waals surface area contributed by atoms with E-state index in [1.807, 2.05) is 36.9 Å². The molecule has 1 N–H and O–H groups in total. The van der Waals surface area contributed by atoms with Gasteiger partial charge in [0.1, 0.15) is 0 Å². The van der Waals surface area contributed by atoms with Crippen LogP contribution < -0.4 is 5.32 Å². The van der Waals surface area contributed by atoms with Crippen molar-refractivity contribution in [3.63, 3.8) is 0 Å². The Labute approximate surface area is 108 Å². The summed E-state index contributed by atoms with van der Waals surface area (Å²) in [6.07, 6.45) is 1.08. The molecular formula is C12H14BrNOS. The van der Waals surface area contributed by atoms with E-state index in [0.29, 0.717) is 6.04 Å². The zero-order valence-corrected chi connectivity index (χ0v) is 11.5. The number of amides is 1. The number of nitrogens with one attached hydrogen (secondary N) is 1. The van der Waals surface area contributed by atoms with Gasteiger partial charge in [-0.3, -0.25) is 4.79 Å². The third kappa shape index (κ3) is 2.80. The highest BCUT2D eigenvalue weighted by molar-refractivity contribution is 9.10. The van der Waals surface area contributed by atoms with Crippen LogP contribution in [0, 0.1) is 6.92 Å². The van der Waals surface area contributed by atoms with Crippen LogP contribution in [0.1, 0.15) is 22.3 Å². The van der Waals surface area contributed by atoms with Gasteiger partial charge in [0.15, 0.2) is 0 Å². The van der Waals surface area contributed by atoms with Gasteiger partial charge in [-0.2, -0.15) is 11.8 Å². The average molecular weight is 300 g/mol. The molecule has 0 aliphatic carbocycles. The fourth-order valence-electron chi connectivity index (χ4n) is 1.72. The third-order valence-electron chi connectivity index (χ3n) is 2.63. The predicted molar refractivity (Wildman–Crippen MR) is 72.1 cm³/mol. The van der Waals surface area contributed by atoms with Gasteiger partial charge in [-0.1, -0.05) is 11.6 Å². The van der Waals surface area contributed by atoms with Crippen LogP contribution in [0.5, 0.6) is 0 Å². The molecule has 1 aliphatic rings. The van der Waals surface area contributed by atoms with Crippen molar-refractivity contribution in [2.24, 2.45) is 0 Å². The Balaban J connectivity index is 2.10. The van der Waals surface area contributed by atoms with E-state index in [1.165, 1.54) is 0 Å². The lowest BCUT2D eigenvalue weighted by Crippen LogP contribution is -2.34. The maximum Gasteiger partial charge on any atom is 0.252 e. The Morgan fingerprint density at radius 3 is 3.06 bits per heavy atom. The number of aryl methyl sites for hydroxylation is 1. The molecule has 0 bridgehead atoms. The Bertz CT molecular complexity index is 402. The summed E-state index contributed by atoms with van der Waals surface area (Å²) < 4.78 is 0.862. The molecule has 1 atom stereocenters. The number of carbonyl (C=O) groups excluding carboxylic acids is 1. The summed E-state index contributed by atoms with van der Waals surface area (Å²) in [5.74, 6) is 2.22. The Morgan fingerprint density at radius 1 is 1.56 bits per heavy atom. The normalized spacial score (nSPS) is 19.8. The van der Waals surface area contributed by atoms with Crippen molar-refractivity contribution in [2.45, 2.75) is 19.4 Å². The van der Waals surface area contributed by atoms with Crippen LogP contribution in [0.4, 0.5) is 0 Å². The molecule has 2 rings (SSSR count). The highest BCUT2D eigenvalue weighted by Crippen LogP contribution is 2.20. The molecule has 16 heavy (non-hydrogen) atoms. The molecular weight excluding hydrogens is 286 g/mol. The number of hydrogen-bond donors (Lipinski definition) is 1. The number of thioether (sulfide) groups is 1. The molecule has 0 radical (unpaired) electrons. The number of carbonyl (C=O) groups is 1. The summed E-state index contributed by atoms with van der Waals surface area (Å²) in [5.41, 5.74) is 1.84. The minimum atomic E-state index is 0.0306. The van der Waals surface area contributed by atoms with Crippen molar-refractivity contribution in [3.05, 3.63) is 33.8 Å². The van der Waals surface area contributed by atoms with E-state index in [4.69, 9.17) is 0 Å². The first-order chi connectivity index (χ1) is 7.66. The van der Waals surface area contributed by atoms with Crippen LogP contribution in [-0.4, -0.2) is 23.5 Å². The van der Waals surface area contributed by atoms with E-state index in [2.05, 4.69) is 21.2 Å². The largest absolute Gasteiger partial charge is 0.348 e. The molecule has 0 spiro atoms. The quantitative estimate of drug-likeness (QED) is 0.909. The van der Waals surface area contributed by atoms with E-state index in [1.54, 1.807) is 0 Å². The summed E-state index contributed by atoms with van der Waals surface area (Å²) in [6, 6.07) is 6.17. The lowest BCUT2D eigenvalue weighted by molar-refractivity contribution is 0.0940. The van der Waals surface area contributed by atoms with Gasteiger partial charge in [-0.15, -0.1) is 0 Å². The third-order valence-corrected chi connectivity index (χ3v) is 4.49. The number of halogens is 1. The van der Waals surface area contributed by atoms with Gasteiger partial charge in [0.05, 0.1) is 5.56 Å². The monoisotopic (exact) mass is 299 g/mol. The van der Waals surface area contributed by atoms with Gasteiger partial charge in [-0.05, 0) is 47.2 Å². The topological polar surface area (TPSA) is 29.1 Å². The van der Waals surface area contributed by atoms with Crippen molar-refractivity contribution < 1.29 is 4.79 Å². The molecule has 4 heteroatoms. The zero-order chi connectivity index (χ0) is 11.5. The van der Waals surface area contributed by atoms with Crippen LogP contribution in [0.25, 0.3) is 0 Å². The standard InChI is InChI=1S/C12H14BrNOS/c1-8-2-3-11(13)10(6-8)12(15)14-9-4-5-16-7-9/h2-3,6,9H,4-5,7H2,1H3,(H,14,15). The van der Waals surface area contributed by atoms with Crippen molar-refractivity contribution >= 4 is 33.6 Å². The summed E-state index contributed by atoms with van der Waals surface area (Å²) in [4.78, 5) is 12.0. The molecule has 2 nitrogen and oxygen atoms in total. The van der Waals surface area contributed by atoms with Crippen LogP contribution in [-0.2, 0) is 0 Å². The smallest absolute Gasteiger partial charge is 0.252 e. The number of benzene rings is 1. The van der Waals surface area contributed by atoms with E-state index in [0.717, 1.165) is 33.5 Å². The molecule has 1 aromatic carbocycles. The van der Waals surface area contributed by atoms with E-state index < -0.39 is 0 Å². The van der Waals surface area contributed by atoms with Crippen molar-refractivity contribution in [2.75, 3.05) is 11.5 Å². The summed E-state index contributed by atoms with van der Waals surface area (Å²) >= 11 is 5.31. The minimum Gasteiger partial charge on any atom is -0.348 e. The Morgan fingerprint density at radius 2 is 2.38 bits per heavy atom. The Kier molecular flexibility index (Phi) is 3.92. The first-order valence-corrected chi connectivity index (χ1v) is 7.26. The first-order valence-electron chi connectivity index (χ1n) is 5.31. The van der Waals surface area contributed by atoms with Crippen LogP contribution >= 0.6 is 27.7 Å². The second kappa shape index (κ2) is 5.23. The van der Waals surface area contributed by atoms with Crippen molar-refractivity contribution in [1.29, 1.82) is 0 Å². The predicted octanol–water partition coefficient (Wildman–Crippen LogP) is 2.99. The fraction of sp³-hybridized carbons (Fsp3) is 0.417. The average Bonchev–Trinajstić information content (AvgIpc) is 2.74. The molecule has 1 unspecified atom stereocenters. The van der Waals surface area contributed by atoms with Crippen LogP contribution in [0.15, 0.2) is 22.7 Å². The molecule has 1 heterocycles. The number of rotatable bonds is 2. The Hall–Kier alpha value is -0.480. The van der Waals surface area contributed by atoms with Gasteiger partial charge in [-0.25, -0.2) is 0 Å². The molecule has 1 aromatic rings. The zero-order valence-electron chi connectivity index (χ0n) is 9.13. The molecule has 1 amide bonds. The highest BCUT2D eigenvalue weighted by Gasteiger charge is 2.19. The molecule has 86 valence electrons. The van der Waals surface area contributed by atoms with E-state index >= 15 is 0 Å². The summed E-state index contributed by atoms with van der Waals surface area (Å²) in [7, 11) is 0. The van der Waals surface area contributed by atoms with Crippen LogP contribution in [0.3, 0.4) is 0 Å². The molecule has 1 aliphatic heterocycles. The highest BCUT2D eigenvalue weighted by atomic mass is 79.9. The minimum absolute atomic E-state index is 0.0306. The van der Waals surface area contributed by atoms with Gasteiger partial charge in [0.2, 0.25) is 0 Å². The van der Waals surface area contributed by atoms with Gasteiger partial charge >= 0.3 is 0 Å². The summed E-state index contributed by atoms with van der Waals surface area (Å²) in [6.45, 7) is 1.99. The number of hydrogen-bond acceptors (Lipinski definition) is 2. The maximum atomic E-state index is 12.0. The van der Waals surface area contributed by atoms with Crippen LogP contribution in [0.2, 0.25) is 0 Å².